The molecule has 20 heteroatoms. The van der Waals surface area contributed by atoms with Gasteiger partial charge in [-0.2, -0.15) is 0 Å². The van der Waals surface area contributed by atoms with Gasteiger partial charge in [-0.05, 0) is 381 Å². The summed E-state index contributed by atoms with van der Waals surface area (Å²) in [5, 5.41) is 47.2. The van der Waals surface area contributed by atoms with Crippen LogP contribution in [0.2, 0.25) is 0 Å². The molecule has 5 aliphatic rings. The van der Waals surface area contributed by atoms with Crippen LogP contribution in [-0.4, -0.2) is 66.9 Å². The van der Waals surface area contributed by atoms with Crippen molar-refractivity contribution in [1.82, 2.24) is 0 Å². The molecule has 9 N–H and O–H groups in total. The molecule has 10 aromatic rings. The number of carboxylic acids is 4. The molecule has 0 saturated heterocycles. The van der Waals surface area contributed by atoms with Gasteiger partial charge in [-0.15, -0.1) is 0 Å². The Morgan fingerprint density at radius 3 is 1.08 bits per heavy atom. The van der Waals surface area contributed by atoms with Gasteiger partial charge < -0.3 is 36.4 Å². The highest BCUT2D eigenvalue weighted by Crippen LogP contribution is 2.53. The average molecular weight is 2000 g/mol. The van der Waals surface area contributed by atoms with Crippen LogP contribution in [0.3, 0.4) is 0 Å². The Bertz CT molecular complexity index is 6630. The Labute approximate surface area is 861 Å². The number of carbonyl (C=O) groups is 5. The Hall–Kier alpha value is -11.4. The van der Waals surface area contributed by atoms with E-state index in [0.29, 0.717) is 22.5 Å². The monoisotopic (exact) mass is 1990 g/mol. The summed E-state index contributed by atoms with van der Waals surface area (Å²) in [6.07, 6.45) is 12.6. The van der Waals surface area contributed by atoms with Crippen molar-refractivity contribution in [2.75, 3.05) is 25.4 Å². The lowest BCUT2D eigenvalue weighted by atomic mass is 9.62. The van der Waals surface area contributed by atoms with Crippen LogP contribution in [0.25, 0.3) is 0 Å². The lowest BCUT2D eigenvalue weighted by Crippen LogP contribution is -2.34. The van der Waals surface area contributed by atoms with Crippen molar-refractivity contribution < 1.29 is 61.2 Å². The molecular weight excluding hydrogens is 1830 g/mol. The SMILES string of the molecule is CC(=O)C(C)(C)c1ccc(NS(=O)(=O)c2ccc3c(c2)C(C)(C)CCC3(C)C)cc1.CC1(C)CCC(C)(C)c2cc(CNc3ccc(C(=O)O)cc3)ccc21.CCc1cc2c(cc1CNc1ccc(CC(=O)O)cc1)C(C)(C)CCC2(C)C.Cc1cc2c(cc1CNc1ccc(C(C)(C)C(=O)O)cc1)C(C)(C)CCC2(C)C.Cc1cc2c(cc1S(=O)(=O)Nc1ccc(C(C(=O)O)C(C)C)cc1)C(C)(C)CCC2(C)C. The van der Waals surface area contributed by atoms with E-state index in [0.717, 1.165) is 102 Å². The molecule has 0 radical (unpaired) electrons. The maximum absolute atomic E-state index is 13.3. The number of hydrogen-bond acceptors (Lipinski definition) is 12. The molecular formula is C124H163N5O13S2. The predicted octanol–water partition coefficient (Wildman–Crippen LogP) is 29.2. The van der Waals surface area contributed by atoms with Crippen molar-refractivity contribution in [3.63, 3.8) is 0 Å². The fourth-order valence-corrected chi connectivity index (χ4v) is 23.5. The van der Waals surface area contributed by atoms with Crippen LogP contribution in [-0.2, 0) is 137 Å². The summed E-state index contributed by atoms with van der Waals surface area (Å²) in [6, 6.07) is 61.9. The minimum atomic E-state index is -3.80. The van der Waals surface area contributed by atoms with E-state index >= 15 is 0 Å². The van der Waals surface area contributed by atoms with Gasteiger partial charge in [0, 0.05) is 53.5 Å². The third-order valence-electron chi connectivity index (χ3n) is 32.6. The summed E-state index contributed by atoms with van der Waals surface area (Å²) in [4.78, 5) is 57.2. The van der Waals surface area contributed by atoms with Crippen LogP contribution < -0.4 is 25.4 Å². The molecule has 774 valence electrons. The Morgan fingerprint density at radius 1 is 0.347 bits per heavy atom. The number of carbonyl (C=O) groups excluding carboxylic acids is 1. The lowest BCUT2D eigenvalue weighted by Gasteiger charge is -2.42. The molecule has 15 rings (SSSR count). The third kappa shape index (κ3) is 26.0. The number of sulfonamides is 2. The Kier molecular flexibility index (Phi) is 33.4. The van der Waals surface area contributed by atoms with E-state index < -0.39 is 60.7 Å². The first kappa shape index (κ1) is 113. The van der Waals surface area contributed by atoms with E-state index in [-0.39, 0.29) is 82.1 Å². The normalized spacial score (nSPS) is 17.6. The van der Waals surface area contributed by atoms with Crippen molar-refractivity contribution in [2.24, 2.45) is 5.92 Å². The van der Waals surface area contributed by atoms with Crippen LogP contribution in [0.5, 0.6) is 0 Å². The van der Waals surface area contributed by atoms with E-state index in [1.807, 2.05) is 120 Å². The molecule has 1 atom stereocenters. The van der Waals surface area contributed by atoms with E-state index in [1.54, 1.807) is 87.5 Å². The lowest BCUT2D eigenvalue weighted by molar-refractivity contribution is -0.142. The van der Waals surface area contributed by atoms with Gasteiger partial charge in [0.2, 0.25) is 0 Å². The number of nitrogens with one attached hydrogen (secondary N) is 5. The van der Waals surface area contributed by atoms with Crippen LogP contribution in [0.1, 0.15) is 386 Å². The zero-order chi connectivity index (χ0) is 107. The maximum Gasteiger partial charge on any atom is 0.335 e. The smallest absolute Gasteiger partial charge is 0.335 e. The van der Waals surface area contributed by atoms with Crippen LogP contribution >= 0.6 is 0 Å². The van der Waals surface area contributed by atoms with Crippen molar-refractivity contribution in [3.05, 3.63) is 311 Å². The zero-order valence-corrected chi connectivity index (χ0v) is 93.1. The molecule has 0 aliphatic heterocycles. The Morgan fingerprint density at radius 2 is 0.674 bits per heavy atom. The summed E-state index contributed by atoms with van der Waals surface area (Å²) in [5.74, 6) is -4.03. The fraction of sp³-hybridized carbons (Fsp3) is 0.476. The molecule has 144 heavy (non-hydrogen) atoms. The summed E-state index contributed by atoms with van der Waals surface area (Å²) in [6.45, 7) is 66.9. The summed E-state index contributed by atoms with van der Waals surface area (Å²) in [7, 11) is -7.51. The minimum absolute atomic E-state index is 0.0122. The van der Waals surface area contributed by atoms with Crippen molar-refractivity contribution in [2.45, 2.75) is 385 Å². The molecule has 0 fully saturated rings. The highest BCUT2D eigenvalue weighted by Gasteiger charge is 2.44. The molecule has 18 nitrogen and oxygen atoms in total. The molecule has 0 amide bonds. The van der Waals surface area contributed by atoms with E-state index in [2.05, 4.69) is 220 Å². The number of aryl methyl sites for hydroxylation is 3. The van der Waals surface area contributed by atoms with Gasteiger partial charge in [-0.1, -0.05) is 262 Å². The highest BCUT2D eigenvalue weighted by atomic mass is 32.2. The van der Waals surface area contributed by atoms with Crippen LogP contribution in [0.15, 0.2) is 204 Å². The molecule has 10 aromatic carbocycles. The number of aromatic carboxylic acids is 1. The van der Waals surface area contributed by atoms with Gasteiger partial charge in [0.1, 0.15) is 5.78 Å². The number of rotatable bonds is 26. The average Bonchev–Trinajstić information content (AvgIpc) is 0.749. The van der Waals surface area contributed by atoms with Crippen molar-refractivity contribution >= 4 is 78.1 Å². The maximum atomic E-state index is 13.3. The number of Topliss-reactive ketones (excluding diaryl/α,β-unsaturated/α-hetero) is 1. The van der Waals surface area contributed by atoms with E-state index in [4.69, 9.17) is 10.2 Å². The largest absolute Gasteiger partial charge is 0.481 e. The number of carboxylic acid groups (broad SMARTS) is 4. The second-order valence-corrected chi connectivity index (χ2v) is 52.6. The van der Waals surface area contributed by atoms with Crippen molar-refractivity contribution in [1.29, 1.82) is 0 Å². The quantitative estimate of drug-likeness (QED) is 0.0243. The molecule has 0 saturated carbocycles. The van der Waals surface area contributed by atoms with Gasteiger partial charge in [0.05, 0.1) is 33.1 Å². The first-order chi connectivity index (χ1) is 66.5. The second-order valence-electron chi connectivity index (χ2n) is 49.3. The first-order valence-corrected chi connectivity index (χ1v) is 54.4. The molecule has 0 heterocycles. The molecule has 0 aromatic heterocycles. The fourth-order valence-electron chi connectivity index (χ4n) is 21.2. The molecule has 1 unspecified atom stereocenters. The molecule has 0 bridgehead atoms. The number of fused-ring (bicyclic) bond motifs is 5. The molecule has 0 spiro atoms. The minimum Gasteiger partial charge on any atom is -0.481 e. The zero-order valence-electron chi connectivity index (χ0n) is 91.5. The molecule has 5 aliphatic carbocycles. The van der Waals surface area contributed by atoms with Crippen LogP contribution in [0.4, 0.5) is 28.4 Å². The number of aliphatic carboxylic acids is 3. The summed E-state index contributed by atoms with van der Waals surface area (Å²) < 4.78 is 58.2. The number of ketones is 1. The number of hydrogen-bond donors (Lipinski definition) is 9. The number of anilines is 5. The van der Waals surface area contributed by atoms with Gasteiger partial charge in [-0.25, -0.2) is 21.6 Å². The topological polar surface area (TPSA) is 295 Å². The van der Waals surface area contributed by atoms with Gasteiger partial charge in [0.25, 0.3) is 20.0 Å². The third-order valence-corrected chi connectivity index (χ3v) is 35.5. The summed E-state index contributed by atoms with van der Waals surface area (Å²) >= 11 is 0. The van der Waals surface area contributed by atoms with Crippen molar-refractivity contribution in [3.8, 4) is 0 Å². The van der Waals surface area contributed by atoms with Gasteiger partial charge in [0.15, 0.2) is 0 Å². The van der Waals surface area contributed by atoms with Gasteiger partial charge in [-0.3, -0.25) is 28.6 Å². The predicted molar refractivity (Wildman–Crippen MR) is 591 cm³/mol. The van der Waals surface area contributed by atoms with Crippen LogP contribution in [0, 0.1) is 19.8 Å². The second kappa shape index (κ2) is 42.6. The van der Waals surface area contributed by atoms with E-state index in [9.17, 15) is 51.0 Å². The number of benzene rings is 10. The van der Waals surface area contributed by atoms with E-state index in [1.165, 1.54) is 111 Å². The van der Waals surface area contributed by atoms with Gasteiger partial charge >= 0.3 is 23.9 Å². The highest BCUT2D eigenvalue weighted by molar-refractivity contribution is 7.93. The standard InChI is InChI=1S/C26H35NO4S.C26H35NO2.C25H33NO3S.C25H33NO2.C22H27NO2/c1-16(2)23(24(28)29)18-8-10-19(11-9-18)27-32(30,31)22-15-21-20(14-17(22)3)25(4,5)12-13-26(21,6)7;1-17-14-21-22(25(4,5)13-12-24(21,2)3)15-18(17)16-27-20-10-8-19(9-11-20)26(6,7)23(28)29;1-17(27)25(6,7)18-8-10-19(11-9-18)26-30(28,29)20-12-13-21-22(16-20)24(4,5)15-14-23(21,2)3;1-6-18-14-21-22(25(4,5)12-11-24(21,2)3)15-19(18)16-26-20-9-7-17(8-10-20)13-23(27)28;1-21(2)11-12-22(3,4)19-13-15(5-10-18(19)21)14-23-17-8-6-16(7-9-17)20(24)25/h8-11,14-16,23,27H,12-13H2,1-7H3,(H,28,29);8-11,14-15,27H,12-13,16H2,1-7H3,(H,28,29);8-13,16,26H,14-15H2,1-7H3;7-10,14-15,26H,6,11-13,16H2,1-5H3,(H,27,28);5-10,13,23H,11-12,14H2,1-4H3,(H,24,25). The Balaban J connectivity index is 0.000000172. The first-order valence-electron chi connectivity index (χ1n) is 51.4. The summed E-state index contributed by atoms with van der Waals surface area (Å²) in [5.41, 5.74) is 28.1.